The Morgan fingerprint density at radius 1 is 1.36 bits per heavy atom. The van der Waals surface area contributed by atoms with E-state index in [2.05, 4.69) is 34.5 Å². The summed E-state index contributed by atoms with van der Waals surface area (Å²) in [6, 6.07) is 10.5. The monoisotopic (exact) mass is 304 g/mol. The summed E-state index contributed by atoms with van der Waals surface area (Å²) in [4.78, 5) is 12.2. The van der Waals surface area contributed by atoms with Gasteiger partial charge in [0.1, 0.15) is 0 Å². The SMILES string of the molecule is NC(=C[N+](=O)[O-])NCCC1CCN(Cc2ccccc2)CC1. The lowest BCUT2D eigenvalue weighted by Crippen LogP contribution is -2.34. The fourth-order valence-corrected chi connectivity index (χ4v) is 2.85. The van der Waals surface area contributed by atoms with Crippen molar-refractivity contribution in [2.45, 2.75) is 25.8 Å². The molecule has 1 aliphatic heterocycles. The van der Waals surface area contributed by atoms with Crippen LogP contribution < -0.4 is 11.1 Å². The second-order valence-corrected chi connectivity index (χ2v) is 5.79. The van der Waals surface area contributed by atoms with E-state index in [1.54, 1.807) is 0 Å². The van der Waals surface area contributed by atoms with Gasteiger partial charge in [-0.1, -0.05) is 30.3 Å². The third-order valence-electron chi connectivity index (χ3n) is 4.08. The largest absolute Gasteiger partial charge is 0.380 e. The van der Waals surface area contributed by atoms with E-state index in [1.165, 1.54) is 18.4 Å². The molecule has 6 heteroatoms. The maximum atomic E-state index is 10.3. The molecule has 1 aromatic rings. The fraction of sp³-hybridized carbons (Fsp3) is 0.500. The van der Waals surface area contributed by atoms with E-state index in [4.69, 9.17) is 5.73 Å². The molecule has 1 aliphatic rings. The van der Waals surface area contributed by atoms with Crippen LogP contribution >= 0.6 is 0 Å². The summed E-state index contributed by atoms with van der Waals surface area (Å²) >= 11 is 0. The van der Waals surface area contributed by atoms with E-state index < -0.39 is 4.92 Å². The number of likely N-dealkylation sites (tertiary alicyclic amines) is 1. The highest BCUT2D eigenvalue weighted by Gasteiger charge is 2.18. The van der Waals surface area contributed by atoms with E-state index in [-0.39, 0.29) is 5.82 Å². The first kappa shape index (κ1) is 16.3. The first-order valence-corrected chi connectivity index (χ1v) is 7.74. The number of nitrogens with two attached hydrogens (primary N) is 1. The van der Waals surface area contributed by atoms with Crippen LogP contribution in [0.15, 0.2) is 42.4 Å². The molecular formula is C16H24N4O2. The van der Waals surface area contributed by atoms with Gasteiger partial charge in [0.15, 0.2) is 5.82 Å². The zero-order chi connectivity index (χ0) is 15.8. The molecule has 0 bridgehead atoms. The number of rotatable bonds is 7. The highest BCUT2D eigenvalue weighted by Crippen LogP contribution is 2.21. The molecule has 0 saturated carbocycles. The molecule has 3 N–H and O–H groups in total. The third kappa shape index (κ3) is 5.73. The van der Waals surface area contributed by atoms with Gasteiger partial charge in [0, 0.05) is 13.1 Å². The molecule has 0 spiro atoms. The van der Waals surface area contributed by atoms with Crippen LogP contribution in [0.3, 0.4) is 0 Å². The molecule has 1 aromatic carbocycles. The molecule has 0 aliphatic carbocycles. The first-order chi connectivity index (χ1) is 10.6. The minimum absolute atomic E-state index is 0.131. The smallest absolute Gasteiger partial charge is 0.273 e. The van der Waals surface area contributed by atoms with Crippen LogP contribution in [0, 0.1) is 16.0 Å². The molecule has 120 valence electrons. The molecule has 0 unspecified atom stereocenters. The van der Waals surface area contributed by atoms with Crippen LogP contribution in [0.25, 0.3) is 0 Å². The van der Waals surface area contributed by atoms with Gasteiger partial charge in [-0.3, -0.25) is 15.0 Å². The topological polar surface area (TPSA) is 84.4 Å². The number of benzene rings is 1. The second kappa shape index (κ2) is 8.38. The summed E-state index contributed by atoms with van der Waals surface area (Å²) in [6.45, 7) is 3.93. The normalized spacial score (nSPS) is 17.4. The van der Waals surface area contributed by atoms with E-state index in [0.717, 1.165) is 32.3 Å². The van der Waals surface area contributed by atoms with Crippen molar-refractivity contribution in [3.63, 3.8) is 0 Å². The lowest BCUT2D eigenvalue weighted by Gasteiger charge is -2.32. The number of nitrogens with one attached hydrogen (secondary N) is 1. The quantitative estimate of drug-likeness (QED) is 0.594. The van der Waals surface area contributed by atoms with Crippen molar-refractivity contribution in [1.82, 2.24) is 10.2 Å². The van der Waals surface area contributed by atoms with Crippen molar-refractivity contribution < 1.29 is 4.92 Å². The van der Waals surface area contributed by atoms with Gasteiger partial charge in [0.2, 0.25) is 0 Å². The number of nitrogens with zero attached hydrogens (tertiary/aromatic N) is 2. The fourth-order valence-electron chi connectivity index (χ4n) is 2.85. The summed E-state index contributed by atoms with van der Waals surface area (Å²) in [5.74, 6) is 0.800. The van der Waals surface area contributed by atoms with Gasteiger partial charge in [0.05, 0.1) is 4.92 Å². The van der Waals surface area contributed by atoms with E-state index in [0.29, 0.717) is 12.5 Å². The molecule has 1 heterocycles. The molecule has 6 nitrogen and oxygen atoms in total. The maximum Gasteiger partial charge on any atom is 0.273 e. The van der Waals surface area contributed by atoms with Gasteiger partial charge >= 0.3 is 0 Å². The van der Waals surface area contributed by atoms with Gasteiger partial charge < -0.3 is 11.1 Å². The zero-order valence-electron chi connectivity index (χ0n) is 12.8. The van der Waals surface area contributed by atoms with Crippen LogP contribution in [-0.2, 0) is 6.54 Å². The average Bonchev–Trinajstić information content (AvgIpc) is 2.49. The summed E-state index contributed by atoms with van der Waals surface area (Å²) in [7, 11) is 0. The highest BCUT2D eigenvalue weighted by atomic mass is 16.6. The van der Waals surface area contributed by atoms with Crippen molar-refractivity contribution in [2.75, 3.05) is 19.6 Å². The van der Waals surface area contributed by atoms with Crippen molar-refractivity contribution in [3.8, 4) is 0 Å². The van der Waals surface area contributed by atoms with Gasteiger partial charge in [0.25, 0.3) is 6.20 Å². The van der Waals surface area contributed by atoms with Crippen LogP contribution in [0.2, 0.25) is 0 Å². The van der Waals surface area contributed by atoms with Gasteiger partial charge in [-0.2, -0.15) is 0 Å². The Kier molecular flexibility index (Phi) is 6.21. The summed E-state index contributed by atoms with van der Waals surface area (Å²) in [5.41, 5.74) is 6.86. The number of hydrogen-bond acceptors (Lipinski definition) is 5. The Morgan fingerprint density at radius 2 is 2.05 bits per heavy atom. The highest BCUT2D eigenvalue weighted by molar-refractivity contribution is 5.14. The molecule has 0 amide bonds. The second-order valence-electron chi connectivity index (χ2n) is 5.79. The van der Waals surface area contributed by atoms with Gasteiger partial charge in [-0.25, -0.2) is 0 Å². The lowest BCUT2D eigenvalue weighted by atomic mass is 9.93. The van der Waals surface area contributed by atoms with Crippen LogP contribution in [0.5, 0.6) is 0 Å². The summed E-state index contributed by atoms with van der Waals surface area (Å²) in [6.07, 6.45) is 4.16. The van der Waals surface area contributed by atoms with Gasteiger partial charge in [-0.05, 0) is 43.8 Å². The Hall–Kier alpha value is -2.08. The molecule has 22 heavy (non-hydrogen) atoms. The number of piperidine rings is 1. The molecule has 1 saturated heterocycles. The van der Waals surface area contributed by atoms with Crippen molar-refractivity contribution in [1.29, 1.82) is 0 Å². The van der Waals surface area contributed by atoms with Crippen molar-refractivity contribution >= 4 is 0 Å². The van der Waals surface area contributed by atoms with Crippen molar-refractivity contribution in [2.24, 2.45) is 11.7 Å². The maximum absolute atomic E-state index is 10.3. The molecular weight excluding hydrogens is 280 g/mol. The Labute approximate surface area is 131 Å². The molecule has 0 atom stereocenters. The van der Waals surface area contributed by atoms with E-state index >= 15 is 0 Å². The zero-order valence-corrected chi connectivity index (χ0v) is 12.8. The van der Waals surface area contributed by atoms with E-state index in [1.807, 2.05) is 6.07 Å². The number of hydrogen-bond donors (Lipinski definition) is 2. The van der Waals surface area contributed by atoms with Crippen molar-refractivity contribution in [3.05, 3.63) is 58.0 Å². The summed E-state index contributed by atoms with van der Waals surface area (Å²) < 4.78 is 0. The van der Waals surface area contributed by atoms with Gasteiger partial charge in [-0.15, -0.1) is 0 Å². The predicted octanol–water partition coefficient (Wildman–Crippen LogP) is 1.91. The Balaban J connectivity index is 1.64. The minimum Gasteiger partial charge on any atom is -0.380 e. The lowest BCUT2D eigenvalue weighted by molar-refractivity contribution is -0.403. The molecule has 0 aromatic heterocycles. The van der Waals surface area contributed by atoms with E-state index in [9.17, 15) is 10.1 Å². The molecule has 2 rings (SSSR count). The van der Waals surface area contributed by atoms with Crippen LogP contribution in [-0.4, -0.2) is 29.5 Å². The third-order valence-corrected chi connectivity index (χ3v) is 4.08. The van der Waals surface area contributed by atoms with Crippen LogP contribution in [0.4, 0.5) is 0 Å². The molecule has 0 radical (unpaired) electrons. The Bertz CT molecular complexity index is 496. The number of nitro groups is 1. The predicted molar refractivity (Wildman–Crippen MR) is 86.3 cm³/mol. The van der Waals surface area contributed by atoms with Crippen LogP contribution in [0.1, 0.15) is 24.8 Å². The Morgan fingerprint density at radius 3 is 2.68 bits per heavy atom. The first-order valence-electron chi connectivity index (χ1n) is 7.74. The summed E-state index contributed by atoms with van der Waals surface area (Å²) in [5, 5.41) is 13.2. The minimum atomic E-state index is -0.537. The molecule has 1 fully saturated rings. The standard InChI is InChI=1S/C16H24N4O2/c17-16(13-20(21)22)18-9-6-14-7-10-19(11-8-14)12-15-4-2-1-3-5-15/h1-5,13-14,18H,6-12,17H2. The average molecular weight is 304 g/mol.